The predicted molar refractivity (Wildman–Crippen MR) is 171 cm³/mol. The Labute approximate surface area is 275 Å². The third-order valence-electron chi connectivity index (χ3n) is 8.54. The van der Waals surface area contributed by atoms with Crippen LogP contribution in [0.2, 0.25) is 0 Å². The fourth-order valence-corrected chi connectivity index (χ4v) is 6.17. The first-order valence-corrected chi connectivity index (χ1v) is 15.8. The van der Waals surface area contributed by atoms with Gasteiger partial charge in [-0.2, -0.15) is 33.2 Å². The van der Waals surface area contributed by atoms with Crippen LogP contribution in [0.4, 0.5) is 29.7 Å². The van der Waals surface area contributed by atoms with Crippen molar-refractivity contribution in [3.8, 4) is 11.8 Å². The normalized spacial score (nSPS) is 17.4. The second kappa shape index (κ2) is 13.4. The molecule has 13 nitrogen and oxygen atoms in total. The molecule has 5 rings (SSSR count). The Kier molecular flexibility index (Phi) is 9.63. The summed E-state index contributed by atoms with van der Waals surface area (Å²) in [6.07, 6.45) is -4.19. The summed E-state index contributed by atoms with van der Waals surface area (Å²) in [5.74, 6) is 0.530. The molecule has 0 spiro atoms. The zero-order chi connectivity index (χ0) is 35.0. The van der Waals surface area contributed by atoms with E-state index in [1.807, 2.05) is 9.80 Å². The maximum Gasteiger partial charge on any atom is 0.419 e. The van der Waals surface area contributed by atoms with Crippen LogP contribution in [-0.2, 0) is 10.9 Å². The number of anilines is 2. The molecule has 0 N–H and O–H groups in total. The molecule has 48 heavy (non-hydrogen) atoms. The zero-order valence-corrected chi connectivity index (χ0v) is 27.5. The summed E-state index contributed by atoms with van der Waals surface area (Å²) in [5, 5.41) is 13.9. The van der Waals surface area contributed by atoms with Gasteiger partial charge >= 0.3 is 12.3 Å². The van der Waals surface area contributed by atoms with Crippen molar-refractivity contribution in [2.45, 2.75) is 64.9 Å². The number of carbonyl (C=O) groups excluding carboxylic acids is 2. The van der Waals surface area contributed by atoms with E-state index in [0.29, 0.717) is 23.6 Å². The van der Waals surface area contributed by atoms with Crippen molar-refractivity contribution in [2.24, 2.45) is 0 Å². The summed E-state index contributed by atoms with van der Waals surface area (Å²) >= 11 is 0. The number of hydrogen-bond acceptors (Lipinski definition) is 11. The molecule has 1 atom stereocenters. The number of likely N-dealkylation sites (N-methyl/N-ethyl adjacent to an activating group) is 1. The lowest BCUT2D eigenvalue weighted by molar-refractivity contribution is -0.137. The highest BCUT2D eigenvalue weighted by Crippen LogP contribution is 2.36. The van der Waals surface area contributed by atoms with E-state index in [9.17, 15) is 32.8 Å². The third kappa shape index (κ3) is 6.77. The molecule has 0 radical (unpaired) electrons. The molecule has 16 heteroatoms. The van der Waals surface area contributed by atoms with Gasteiger partial charge in [0.15, 0.2) is 6.29 Å². The Balaban J connectivity index is 1.62. The second-order valence-corrected chi connectivity index (χ2v) is 12.7. The smallest absolute Gasteiger partial charge is 0.419 e. The van der Waals surface area contributed by atoms with Crippen LogP contribution in [0.25, 0.3) is 16.6 Å². The van der Waals surface area contributed by atoms with E-state index in [2.05, 4.69) is 34.9 Å². The molecule has 256 valence electrons. The minimum Gasteiger partial charge on any atom is -0.444 e. The molecule has 2 aliphatic rings. The predicted octanol–water partition coefficient (Wildman–Crippen LogP) is 3.88. The first-order chi connectivity index (χ1) is 22.7. The van der Waals surface area contributed by atoms with Gasteiger partial charge in [-0.3, -0.25) is 14.5 Å². The first kappa shape index (κ1) is 34.6. The maximum absolute atomic E-state index is 14.2. The fourth-order valence-electron chi connectivity index (χ4n) is 6.17. The number of halogens is 3. The van der Waals surface area contributed by atoms with Gasteiger partial charge in [-0.25, -0.2) is 9.78 Å². The number of rotatable bonds is 8. The van der Waals surface area contributed by atoms with E-state index in [4.69, 9.17) is 9.72 Å². The van der Waals surface area contributed by atoms with E-state index in [0.717, 1.165) is 25.2 Å². The highest BCUT2D eigenvalue weighted by atomic mass is 19.4. The molecule has 2 fully saturated rings. The lowest BCUT2D eigenvalue weighted by Crippen LogP contribution is -2.60. The highest BCUT2D eigenvalue weighted by molar-refractivity contribution is 5.90. The van der Waals surface area contributed by atoms with Gasteiger partial charge in [0.1, 0.15) is 16.9 Å². The molecule has 2 aliphatic heterocycles. The largest absolute Gasteiger partial charge is 0.444 e. The van der Waals surface area contributed by atoms with Gasteiger partial charge in [-0.05, 0) is 39.9 Å². The van der Waals surface area contributed by atoms with Crippen LogP contribution in [0.3, 0.4) is 0 Å². The standard InChI is InChI=1S/C32H38F3N9O4/c1-6-40(7-2)22-17-42(18-22)29-38-26-23(15-37-44(28(26)46)24-10-8-9-20(19-45)25(24)32(33,34)35)27(39-29)41-13-14-43(21(16-41)11-12-36)30(47)48-31(3,4)5/h8-10,15,19,21-22H,6-7,11,13-14,16-18H2,1-5H3. The van der Waals surface area contributed by atoms with Crippen LogP contribution in [0, 0.1) is 11.3 Å². The molecule has 1 aromatic carbocycles. The number of aldehydes is 1. The molecular weight excluding hydrogens is 631 g/mol. The number of ether oxygens (including phenoxy) is 1. The van der Waals surface area contributed by atoms with Crippen LogP contribution in [0.15, 0.2) is 29.2 Å². The topological polar surface area (TPSA) is 141 Å². The molecule has 3 aromatic rings. The number of nitriles is 1. The lowest BCUT2D eigenvalue weighted by Gasteiger charge is -2.45. The molecule has 1 amide bonds. The second-order valence-electron chi connectivity index (χ2n) is 12.7. The molecule has 0 aliphatic carbocycles. The minimum atomic E-state index is -4.95. The molecule has 1 unspecified atom stereocenters. The summed E-state index contributed by atoms with van der Waals surface area (Å²) in [7, 11) is 0. The van der Waals surface area contributed by atoms with E-state index in [1.165, 1.54) is 17.2 Å². The summed E-state index contributed by atoms with van der Waals surface area (Å²) in [6, 6.07) is 5.13. The van der Waals surface area contributed by atoms with Crippen LogP contribution in [-0.4, -0.2) is 105 Å². The fraction of sp³-hybridized carbons (Fsp3) is 0.531. The summed E-state index contributed by atoms with van der Waals surface area (Å²) in [5.41, 5.74) is -4.35. The Morgan fingerprint density at radius 1 is 1.10 bits per heavy atom. The van der Waals surface area contributed by atoms with E-state index < -0.39 is 46.3 Å². The van der Waals surface area contributed by atoms with Gasteiger partial charge < -0.3 is 19.4 Å². The molecule has 4 heterocycles. The lowest BCUT2D eigenvalue weighted by atomic mass is 10.1. The average molecular weight is 670 g/mol. The van der Waals surface area contributed by atoms with Gasteiger partial charge in [0.25, 0.3) is 5.56 Å². The number of nitrogens with zero attached hydrogens (tertiary/aromatic N) is 9. The number of piperazine rings is 1. The van der Waals surface area contributed by atoms with Crippen molar-refractivity contribution in [1.29, 1.82) is 5.26 Å². The quantitative estimate of drug-likeness (QED) is 0.323. The van der Waals surface area contributed by atoms with Gasteiger partial charge in [0.05, 0.1) is 41.4 Å². The van der Waals surface area contributed by atoms with Gasteiger partial charge in [0, 0.05) is 44.3 Å². The van der Waals surface area contributed by atoms with Gasteiger partial charge in [-0.15, -0.1) is 0 Å². The Morgan fingerprint density at radius 3 is 2.42 bits per heavy atom. The highest BCUT2D eigenvalue weighted by Gasteiger charge is 2.39. The summed E-state index contributed by atoms with van der Waals surface area (Å²) in [4.78, 5) is 55.5. The van der Waals surface area contributed by atoms with E-state index in [1.54, 1.807) is 20.8 Å². The minimum absolute atomic E-state index is 0.00163. The molecule has 2 aromatic heterocycles. The average Bonchev–Trinajstić information content (AvgIpc) is 3.01. The Morgan fingerprint density at radius 2 is 1.81 bits per heavy atom. The summed E-state index contributed by atoms with van der Waals surface area (Å²) < 4.78 is 48.8. The van der Waals surface area contributed by atoms with Gasteiger partial charge in [-0.1, -0.05) is 26.0 Å². The Hall–Kier alpha value is -4.78. The summed E-state index contributed by atoms with van der Waals surface area (Å²) in [6.45, 7) is 12.9. The van der Waals surface area contributed by atoms with Crippen molar-refractivity contribution < 1.29 is 27.5 Å². The number of amides is 1. The molecule has 0 bridgehead atoms. The zero-order valence-electron chi connectivity index (χ0n) is 27.5. The Bertz CT molecular complexity index is 1790. The first-order valence-electron chi connectivity index (χ1n) is 15.8. The third-order valence-corrected chi connectivity index (χ3v) is 8.54. The van der Waals surface area contributed by atoms with Crippen molar-refractivity contribution in [1.82, 2.24) is 29.5 Å². The monoisotopic (exact) mass is 669 g/mol. The number of alkyl halides is 3. The van der Waals surface area contributed by atoms with Crippen molar-refractivity contribution >= 4 is 35.0 Å². The number of hydrogen-bond donors (Lipinski definition) is 0. The van der Waals surface area contributed by atoms with E-state index in [-0.39, 0.29) is 55.2 Å². The van der Waals surface area contributed by atoms with Crippen LogP contribution in [0.5, 0.6) is 0 Å². The van der Waals surface area contributed by atoms with Crippen molar-refractivity contribution in [3.63, 3.8) is 0 Å². The number of fused-ring (bicyclic) bond motifs is 1. The molecule has 0 saturated carbocycles. The van der Waals surface area contributed by atoms with Crippen LogP contribution in [0.1, 0.15) is 57.0 Å². The number of carbonyl (C=O) groups is 2. The number of aromatic nitrogens is 4. The maximum atomic E-state index is 14.2. The van der Waals surface area contributed by atoms with Crippen molar-refractivity contribution in [2.75, 3.05) is 55.6 Å². The number of benzene rings is 1. The van der Waals surface area contributed by atoms with Gasteiger partial charge in [0.2, 0.25) is 5.95 Å². The van der Waals surface area contributed by atoms with Crippen molar-refractivity contribution in [3.05, 3.63) is 45.9 Å². The van der Waals surface area contributed by atoms with Crippen LogP contribution >= 0.6 is 0 Å². The molecule has 2 saturated heterocycles. The van der Waals surface area contributed by atoms with E-state index >= 15 is 0 Å². The molecular formula is C32H38F3N9O4. The SMILES string of the molecule is CCN(CC)C1CN(c2nc(N3CCN(C(=O)OC(C)(C)C)C(CC#N)C3)c3cnn(-c4cccc(C=O)c4C(F)(F)F)c(=O)c3n2)C1. The van der Waals surface area contributed by atoms with Crippen LogP contribution < -0.4 is 15.4 Å².